The molecule has 1 amide bonds. The third-order valence-electron chi connectivity index (χ3n) is 3.48. The highest BCUT2D eigenvalue weighted by Gasteiger charge is 2.46. The normalized spacial score (nSPS) is 38.9. The first-order chi connectivity index (χ1) is 7.15. The molecule has 4 atom stereocenters. The molecular weight excluding hydrogens is 214 g/mol. The van der Waals surface area contributed by atoms with Gasteiger partial charge in [-0.05, 0) is 12.8 Å². The molecule has 5 N–H and O–H groups in total. The molecule has 6 heteroatoms. The van der Waals surface area contributed by atoms with Crippen molar-refractivity contribution in [2.24, 2.45) is 5.92 Å². The molecule has 0 radical (unpaired) electrons. The highest BCUT2D eigenvalue weighted by Crippen LogP contribution is 2.32. The summed E-state index contributed by atoms with van der Waals surface area (Å²) in [5, 5.41) is 28.5. The van der Waals surface area contributed by atoms with Gasteiger partial charge in [-0.25, -0.2) is 0 Å². The second kappa shape index (κ2) is 5.09. The molecule has 94 valence electrons. The minimum atomic E-state index is -0.913. The fourth-order valence-electron chi connectivity index (χ4n) is 2.70. The van der Waals surface area contributed by atoms with Crippen LogP contribution in [0.5, 0.6) is 0 Å². The van der Waals surface area contributed by atoms with E-state index in [9.17, 15) is 15.0 Å². The topological polar surface area (TPSA) is 113 Å². The van der Waals surface area contributed by atoms with E-state index in [-0.39, 0.29) is 23.9 Å². The van der Waals surface area contributed by atoms with Gasteiger partial charge in [-0.3, -0.25) is 4.79 Å². The van der Waals surface area contributed by atoms with Gasteiger partial charge in [0.25, 0.3) is 0 Å². The maximum atomic E-state index is 11.5. The first-order valence-corrected chi connectivity index (χ1v) is 5.41. The lowest BCUT2D eigenvalue weighted by Crippen LogP contribution is -2.47. The van der Waals surface area contributed by atoms with Gasteiger partial charge >= 0.3 is 0 Å². The summed E-state index contributed by atoms with van der Waals surface area (Å²) in [6.07, 6.45) is -0.0513. The number of rotatable bonds is 2. The summed E-state index contributed by atoms with van der Waals surface area (Å²) in [5.41, 5.74) is 0. The van der Waals surface area contributed by atoms with Crippen LogP contribution in [-0.2, 0) is 4.79 Å². The molecule has 0 aromatic heterocycles. The van der Waals surface area contributed by atoms with Gasteiger partial charge in [0.15, 0.2) is 0 Å². The highest BCUT2D eigenvalue weighted by atomic mass is 16.3. The maximum Gasteiger partial charge on any atom is 0.222 e. The lowest BCUT2D eigenvalue weighted by Gasteiger charge is -2.30. The smallest absolute Gasteiger partial charge is 0.222 e. The number of nitrogens with zero attached hydrogens (tertiary/aromatic N) is 1. The molecule has 1 aliphatic heterocycles. The molecule has 2 rings (SSSR count). The standard InChI is InChI=1S/C10H17NO4.H2O/c12-5-6-4-7(13)10(15)9(6)11-3-1-2-8(11)14;/h6-7,9-10,12-13,15H,1-5H2;1H2/t6-,7+,9+,10+;/m1./s1. The molecule has 16 heavy (non-hydrogen) atoms. The van der Waals surface area contributed by atoms with Crippen molar-refractivity contribution in [3.8, 4) is 0 Å². The Bertz CT molecular complexity index is 260. The van der Waals surface area contributed by atoms with Gasteiger partial charge < -0.3 is 25.7 Å². The van der Waals surface area contributed by atoms with Crippen molar-refractivity contribution >= 4 is 5.91 Å². The number of likely N-dealkylation sites (tertiary alicyclic amines) is 1. The van der Waals surface area contributed by atoms with Crippen LogP contribution >= 0.6 is 0 Å². The van der Waals surface area contributed by atoms with Crippen molar-refractivity contribution in [3.05, 3.63) is 0 Å². The zero-order valence-corrected chi connectivity index (χ0v) is 9.04. The zero-order chi connectivity index (χ0) is 11.0. The summed E-state index contributed by atoms with van der Waals surface area (Å²) < 4.78 is 0. The van der Waals surface area contributed by atoms with Crippen LogP contribution < -0.4 is 0 Å². The number of carbonyl (C=O) groups excluding carboxylic acids is 1. The van der Waals surface area contributed by atoms with Crippen LogP contribution in [0.25, 0.3) is 0 Å². The van der Waals surface area contributed by atoms with Crippen molar-refractivity contribution in [3.63, 3.8) is 0 Å². The van der Waals surface area contributed by atoms with Crippen molar-refractivity contribution in [2.45, 2.75) is 37.5 Å². The average Bonchev–Trinajstić information content (AvgIpc) is 2.73. The molecule has 1 saturated heterocycles. The zero-order valence-electron chi connectivity index (χ0n) is 9.04. The predicted molar refractivity (Wildman–Crippen MR) is 55.6 cm³/mol. The lowest BCUT2D eigenvalue weighted by atomic mass is 10.0. The third kappa shape index (κ3) is 2.06. The largest absolute Gasteiger partial charge is 0.412 e. The number of aliphatic hydroxyl groups is 3. The molecule has 1 heterocycles. The van der Waals surface area contributed by atoms with Crippen molar-refractivity contribution < 1.29 is 25.6 Å². The van der Waals surface area contributed by atoms with Crippen LogP contribution in [0.4, 0.5) is 0 Å². The molecule has 1 aliphatic carbocycles. The Labute approximate surface area is 93.8 Å². The number of aliphatic hydroxyl groups excluding tert-OH is 3. The van der Waals surface area contributed by atoms with Crippen LogP contribution in [0.3, 0.4) is 0 Å². The SMILES string of the molecule is O.O=C1CCCN1[C@H]1[C@@H](CO)C[C@H](O)[C@@H]1O. The van der Waals surface area contributed by atoms with Crippen LogP contribution in [0.1, 0.15) is 19.3 Å². The van der Waals surface area contributed by atoms with E-state index in [1.807, 2.05) is 0 Å². The van der Waals surface area contributed by atoms with Crippen LogP contribution in [-0.4, -0.2) is 63.0 Å². The highest BCUT2D eigenvalue weighted by molar-refractivity contribution is 5.78. The van der Waals surface area contributed by atoms with E-state index in [1.54, 1.807) is 4.90 Å². The Hall–Kier alpha value is -0.690. The summed E-state index contributed by atoms with van der Waals surface area (Å²) in [6.45, 7) is 0.534. The number of amides is 1. The van der Waals surface area contributed by atoms with E-state index < -0.39 is 18.2 Å². The Morgan fingerprint density at radius 3 is 2.56 bits per heavy atom. The molecule has 0 aromatic carbocycles. The number of hydrogen-bond donors (Lipinski definition) is 3. The van der Waals surface area contributed by atoms with Gasteiger partial charge in [0.2, 0.25) is 5.91 Å². The summed E-state index contributed by atoms with van der Waals surface area (Å²) in [5.74, 6) is -0.177. The van der Waals surface area contributed by atoms with Gasteiger partial charge in [0.05, 0.1) is 12.1 Å². The van der Waals surface area contributed by atoms with Crippen LogP contribution in [0.15, 0.2) is 0 Å². The summed E-state index contributed by atoms with van der Waals surface area (Å²) in [4.78, 5) is 13.1. The average molecular weight is 233 g/mol. The molecule has 0 unspecified atom stereocenters. The fourth-order valence-corrected chi connectivity index (χ4v) is 2.70. The van der Waals surface area contributed by atoms with E-state index >= 15 is 0 Å². The molecule has 0 aromatic rings. The molecule has 2 fully saturated rings. The maximum absolute atomic E-state index is 11.5. The minimum absolute atomic E-state index is 0. The number of carbonyl (C=O) groups is 1. The molecular formula is C10H19NO5. The second-order valence-corrected chi connectivity index (χ2v) is 4.42. The summed E-state index contributed by atoms with van der Waals surface area (Å²) >= 11 is 0. The van der Waals surface area contributed by atoms with Gasteiger partial charge in [0.1, 0.15) is 6.10 Å². The van der Waals surface area contributed by atoms with Crippen LogP contribution in [0, 0.1) is 5.92 Å². The second-order valence-electron chi connectivity index (χ2n) is 4.42. The van der Waals surface area contributed by atoms with E-state index in [2.05, 4.69) is 0 Å². The van der Waals surface area contributed by atoms with E-state index in [0.717, 1.165) is 6.42 Å². The van der Waals surface area contributed by atoms with Crippen molar-refractivity contribution in [2.75, 3.05) is 13.2 Å². The van der Waals surface area contributed by atoms with Gasteiger partial charge in [-0.1, -0.05) is 0 Å². The lowest BCUT2D eigenvalue weighted by molar-refractivity contribution is -0.133. The number of hydrogen-bond acceptors (Lipinski definition) is 4. The minimum Gasteiger partial charge on any atom is -0.412 e. The Kier molecular flexibility index (Phi) is 4.26. The summed E-state index contributed by atoms with van der Waals surface area (Å²) in [7, 11) is 0. The molecule has 1 saturated carbocycles. The Balaban J connectivity index is 0.00000128. The van der Waals surface area contributed by atoms with E-state index in [1.165, 1.54) is 0 Å². The van der Waals surface area contributed by atoms with Crippen molar-refractivity contribution in [1.29, 1.82) is 0 Å². The first kappa shape index (κ1) is 13.4. The quantitative estimate of drug-likeness (QED) is 0.506. The molecule has 6 nitrogen and oxygen atoms in total. The van der Waals surface area contributed by atoms with E-state index in [0.29, 0.717) is 19.4 Å². The van der Waals surface area contributed by atoms with Gasteiger partial charge in [0, 0.05) is 25.5 Å². The monoisotopic (exact) mass is 233 g/mol. The third-order valence-corrected chi connectivity index (χ3v) is 3.48. The molecule has 0 bridgehead atoms. The van der Waals surface area contributed by atoms with Gasteiger partial charge in [-0.15, -0.1) is 0 Å². The first-order valence-electron chi connectivity index (χ1n) is 5.41. The van der Waals surface area contributed by atoms with Crippen molar-refractivity contribution in [1.82, 2.24) is 4.90 Å². The Morgan fingerprint density at radius 2 is 2.06 bits per heavy atom. The summed E-state index contributed by atoms with van der Waals surface area (Å²) in [6, 6.07) is -0.403. The predicted octanol–water partition coefficient (Wildman–Crippen LogP) is -2.11. The molecule has 2 aliphatic rings. The Morgan fingerprint density at radius 1 is 1.38 bits per heavy atom. The molecule has 0 spiro atoms. The van der Waals surface area contributed by atoms with Gasteiger partial charge in [-0.2, -0.15) is 0 Å². The fraction of sp³-hybridized carbons (Fsp3) is 0.900. The van der Waals surface area contributed by atoms with Crippen LogP contribution in [0.2, 0.25) is 0 Å². The van der Waals surface area contributed by atoms with E-state index in [4.69, 9.17) is 5.11 Å².